The number of nitrogens with one attached hydrogen (secondary N) is 1. The highest BCUT2D eigenvalue weighted by atomic mass is 35.5. The fourth-order valence-electron chi connectivity index (χ4n) is 3.12. The molecule has 0 unspecified atom stereocenters. The second kappa shape index (κ2) is 9.94. The summed E-state index contributed by atoms with van der Waals surface area (Å²) in [6.45, 7) is 3.40. The smallest absolute Gasteiger partial charge is 0.270 e. The molecule has 2 rings (SSSR count). The summed E-state index contributed by atoms with van der Waals surface area (Å²) in [7, 11) is 0. The lowest BCUT2D eigenvalue weighted by atomic mass is 10.1. The third kappa shape index (κ3) is 5.31. The first-order chi connectivity index (χ1) is 12.0. The number of non-ortho nitro benzene ring substituents is 1. The van der Waals surface area contributed by atoms with E-state index >= 15 is 0 Å². The van der Waals surface area contributed by atoms with Crippen molar-refractivity contribution in [1.82, 2.24) is 5.32 Å². The number of nitro groups is 1. The number of hydrogen-bond acceptors (Lipinski definition) is 6. The molecule has 1 aliphatic heterocycles. The van der Waals surface area contributed by atoms with E-state index in [1.54, 1.807) is 6.07 Å². The van der Waals surface area contributed by atoms with E-state index in [2.05, 4.69) is 12.2 Å². The number of nitro benzene ring substituents is 1. The number of carbonyl (C=O) groups excluding carboxylic acids is 1. The zero-order valence-electron chi connectivity index (χ0n) is 14.7. The first-order valence-corrected chi connectivity index (χ1v) is 8.45. The van der Waals surface area contributed by atoms with Gasteiger partial charge in [-0.15, -0.1) is 12.4 Å². The monoisotopic (exact) mass is 381 g/mol. The van der Waals surface area contributed by atoms with Gasteiger partial charge in [0.1, 0.15) is 6.07 Å². The highest BCUT2D eigenvalue weighted by Crippen LogP contribution is 2.28. The van der Waals surface area contributed by atoms with Gasteiger partial charge in [-0.3, -0.25) is 14.9 Å². The SMILES string of the molecule is CCCC[C@H](N[C@H]1CCN(c2ccc([N+](=O)[O-])cc2C#N)C1)C(N)=O.Cl. The molecule has 1 aliphatic rings. The zero-order chi connectivity index (χ0) is 18.4. The maximum atomic E-state index is 11.6. The van der Waals surface area contributed by atoms with Crippen molar-refractivity contribution in [2.24, 2.45) is 5.73 Å². The van der Waals surface area contributed by atoms with E-state index in [0.717, 1.165) is 19.3 Å². The van der Waals surface area contributed by atoms with Gasteiger partial charge in [0.15, 0.2) is 0 Å². The number of anilines is 1. The Bertz CT molecular complexity index is 691. The van der Waals surface area contributed by atoms with Crippen LogP contribution in [0.2, 0.25) is 0 Å². The highest BCUT2D eigenvalue weighted by Gasteiger charge is 2.28. The summed E-state index contributed by atoms with van der Waals surface area (Å²) in [5.41, 5.74) is 6.34. The Morgan fingerprint density at radius 1 is 1.58 bits per heavy atom. The Morgan fingerprint density at radius 3 is 2.88 bits per heavy atom. The molecule has 3 N–H and O–H groups in total. The second-order valence-corrected chi connectivity index (χ2v) is 6.27. The first-order valence-electron chi connectivity index (χ1n) is 8.45. The Morgan fingerprint density at radius 2 is 2.31 bits per heavy atom. The number of nitrogens with two attached hydrogens (primary N) is 1. The Labute approximate surface area is 158 Å². The average molecular weight is 382 g/mol. The summed E-state index contributed by atoms with van der Waals surface area (Å²) in [4.78, 5) is 23.9. The highest BCUT2D eigenvalue weighted by molar-refractivity contribution is 5.85. The lowest BCUT2D eigenvalue weighted by Gasteiger charge is -2.22. The molecule has 26 heavy (non-hydrogen) atoms. The maximum absolute atomic E-state index is 11.6. The third-order valence-electron chi connectivity index (χ3n) is 4.47. The van der Waals surface area contributed by atoms with Gasteiger partial charge < -0.3 is 16.0 Å². The molecule has 9 heteroatoms. The summed E-state index contributed by atoms with van der Waals surface area (Å²) >= 11 is 0. The molecule has 0 aliphatic carbocycles. The van der Waals surface area contributed by atoms with Crippen LogP contribution in [0.15, 0.2) is 18.2 Å². The largest absolute Gasteiger partial charge is 0.369 e. The van der Waals surface area contributed by atoms with Crippen LogP contribution in [-0.4, -0.2) is 36.0 Å². The summed E-state index contributed by atoms with van der Waals surface area (Å²) in [5, 5.41) is 23.5. The number of amides is 1. The molecule has 0 aromatic heterocycles. The molecule has 8 nitrogen and oxygen atoms in total. The molecule has 1 amide bonds. The van der Waals surface area contributed by atoms with E-state index in [-0.39, 0.29) is 41.6 Å². The molecule has 0 spiro atoms. The van der Waals surface area contributed by atoms with Crippen molar-refractivity contribution in [2.75, 3.05) is 18.0 Å². The number of hydrogen-bond donors (Lipinski definition) is 2. The van der Waals surface area contributed by atoms with Gasteiger partial charge in [-0.2, -0.15) is 5.26 Å². The fraction of sp³-hybridized carbons (Fsp3) is 0.529. The van der Waals surface area contributed by atoms with Gasteiger partial charge in [0.05, 0.1) is 22.2 Å². The van der Waals surface area contributed by atoms with Crippen LogP contribution in [-0.2, 0) is 4.79 Å². The molecule has 1 aromatic rings. The van der Waals surface area contributed by atoms with Crippen molar-refractivity contribution < 1.29 is 9.72 Å². The Hall–Kier alpha value is -2.37. The Kier molecular flexibility index (Phi) is 8.29. The van der Waals surface area contributed by atoms with Crippen LogP contribution in [0.3, 0.4) is 0 Å². The molecule has 2 atom stereocenters. The summed E-state index contributed by atoms with van der Waals surface area (Å²) in [6.07, 6.45) is 3.45. The van der Waals surface area contributed by atoms with Gasteiger partial charge in [0.2, 0.25) is 5.91 Å². The molecule has 1 aromatic carbocycles. The average Bonchev–Trinajstić information content (AvgIpc) is 3.06. The van der Waals surface area contributed by atoms with E-state index in [9.17, 15) is 20.2 Å². The molecule has 142 valence electrons. The van der Waals surface area contributed by atoms with Crippen molar-refractivity contribution in [3.63, 3.8) is 0 Å². The van der Waals surface area contributed by atoms with Crippen LogP contribution < -0.4 is 16.0 Å². The van der Waals surface area contributed by atoms with Crippen LogP contribution in [0.4, 0.5) is 11.4 Å². The second-order valence-electron chi connectivity index (χ2n) is 6.27. The number of benzene rings is 1. The van der Waals surface area contributed by atoms with E-state index in [4.69, 9.17) is 5.73 Å². The first kappa shape index (κ1) is 21.7. The number of nitrogens with zero attached hydrogens (tertiary/aromatic N) is 3. The summed E-state index contributed by atoms with van der Waals surface area (Å²) < 4.78 is 0. The Balaban J connectivity index is 0.00000338. The van der Waals surface area contributed by atoms with E-state index in [1.165, 1.54) is 12.1 Å². The molecule has 0 bridgehead atoms. The van der Waals surface area contributed by atoms with E-state index < -0.39 is 4.92 Å². The third-order valence-corrected chi connectivity index (χ3v) is 4.47. The number of unbranched alkanes of at least 4 members (excludes halogenated alkanes) is 1. The molecule has 0 radical (unpaired) electrons. The summed E-state index contributed by atoms with van der Waals surface area (Å²) in [5.74, 6) is -0.347. The quantitative estimate of drug-likeness (QED) is 0.524. The van der Waals surface area contributed by atoms with Crippen LogP contribution in [0, 0.1) is 21.4 Å². The molecule has 1 fully saturated rings. The van der Waals surface area contributed by atoms with Gasteiger partial charge in [-0.1, -0.05) is 19.8 Å². The summed E-state index contributed by atoms with van der Waals surface area (Å²) in [6, 6.07) is 6.09. The molecule has 1 saturated heterocycles. The van der Waals surface area contributed by atoms with Crippen molar-refractivity contribution >= 4 is 29.7 Å². The minimum Gasteiger partial charge on any atom is -0.369 e. The lowest BCUT2D eigenvalue weighted by Crippen LogP contribution is -2.47. The van der Waals surface area contributed by atoms with Crippen LogP contribution in [0.1, 0.15) is 38.2 Å². The van der Waals surface area contributed by atoms with Crippen LogP contribution in [0.25, 0.3) is 0 Å². The predicted octanol–water partition coefficient (Wildman–Crippen LogP) is 2.10. The number of halogens is 1. The number of rotatable bonds is 8. The molecule has 1 heterocycles. The van der Waals surface area contributed by atoms with Gasteiger partial charge in [-0.25, -0.2) is 0 Å². The molecule has 0 saturated carbocycles. The van der Waals surface area contributed by atoms with Gasteiger partial charge in [0, 0.05) is 31.3 Å². The van der Waals surface area contributed by atoms with Gasteiger partial charge >= 0.3 is 0 Å². The number of nitriles is 1. The topological polar surface area (TPSA) is 125 Å². The van der Waals surface area contributed by atoms with Gasteiger partial charge in [0.25, 0.3) is 5.69 Å². The van der Waals surface area contributed by atoms with Crippen LogP contribution in [0.5, 0.6) is 0 Å². The van der Waals surface area contributed by atoms with E-state index in [1.807, 2.05) is 11.0 Å². The standard InChI is InChI=1S/C17H23N5O3.ClH/c1-2-3-4-15(17(19)23)20-13-7-8-21(11-13)16-6-5-14(22(24)25)9-12(16)10-18;/h5-6,9,13,15,20H,2-4,7-8,11H2,1H3,(H2,19,23);1H/t13-,15-;/m0./s1. The zero-order valence-corrected chi connectivity index (χ0v) is 15.5. The molecular formula is C17H24ClN5O3. The molecular weight excluding hydrogens is 358 g/mol. The normalized spacial score (nSPS) is 17.2. The van der Waals surface area contributed by atoms with Crippen molar-refractivity contribution in [2.45, 2.75) is 44.7 Å². The fourth-order valence-corrected chi connectivity index (χ4v) is 3.12. The van der Waals surface area contributed by atoms with Gasteiger partial charge in [-0.05, 0) is 18.9 Å². The predicted molar refractivity (Wildman–Crippen MR) is 101 cm³/mol. The van der Waals surface area contributed by atoms with Crippen LogP contribution >= 0.6 is 12.4 Å². The number of carbonyl (C=O) groups is 1. The minimum atomic E-state index is -0.510. The van der Waals surface area contributed by atoms with Crippen molar-refractivity contribution in [3.05, 3.63) is 33.9 Å². The van der Waals surface area contributed by atoms with Crippen molar-refractivity contribution in [3.8, 4) is 6.07 Å². The van der Waals surface area contributed by atoms with E-state index in [0.29, 0.717) is 25.2 Å². The minimum absolute atomic E-state index is 0. The lowest BCUT2D eigenvalue weighted by molar-refractivity contribution is -0.384. The maximum Gasteiger partial charge on any atom is 0.270 e. The van der Waals surface area contributed by atoms with Crippen molar-refractivity contribution in [1.29, 1.82) is 5.26 Å². The number of primary amides is 1.